The average Bonchev–Trinajstić information content (AvgIpc) is 2.42. The van der Waals surface area contributed by atoms with E-state index in [2.05, 4.69) is 10.5 Å². The van der Waals surface area contributed by atoms with Gasteiger partial charge in [0.25, 0.3) is 0 Å². The van der Waals surface area contributed by atoms with Gasteiger partial charge in [0.1, 0.15) is 15.0 Å². The van der Waals surface area contributed by atoms with Crippen LogP contribution in [-0.4, -0.2) is 36.2 Å². The fourth-order valence-electron chi connectivity index (χ4n) is 1.68. The Hall–Kier alpha value is -0.630. The fourth-order valence-corrected chi connectivity index (χ4v) is 2.88. The van der Waals surface area contributed by atoms with Gasteiger partial charge in [0.05, 0.1) is 11.4 Å². The van der Waals surface area contributed by atoms with Crippen LogP contribution in [-0.2, 0) is 23.3 Å². The minimum atomic E-state index is -3.09. The lowest BCUT2D eigenvalue weighted by atomic mass is 10.1. The van der Waals surface area contributed by atoms with Gasteiger partial charge in [-0.1, -0.05) is 11.6 Å². The van der Waals surface area contributed by atoms with E-state index in [0.29, 0.717) is 11.6 Å². The number of rotatable bonds is 5. The number of aryl methyl sites for hydroxylation is 2. The molecule has 1 heterocycles. The van der Waals surface area contributed by atoms with Gasteiger partial charge in [-0.3, -0.25) is 16.0 Å². The van der Waals surface area contributed by atoms with Crippen molar-refractivity contribution >= 4 is 21.4 Å². The smallest absolute Gasteiger partial charge is 0.149 e. The van der Waals surface area contributed by atoms with E-state index >= 15 is 0 Å². The summed E-state index contributed by atoms with van der Waals surface area (Å²) in [6.07, 6.45) is 1.61. The molecular formula is C9H17ClN4O2S. The summed E-state index contributed by atoms with van der Waals surface area (Å²) in [5.74, 6) is 5.32. The molecule has 1 aromatic rings. The van der Waals surface area contributed by atoms with E-state index in [1.807, 2.05) is 6.92 Å². The van der Waals surface area contributed by atoms with E-state index in [1.165, 1.54) is 6.26 Å². The van der Waals surface area contributed by atoms with Gasteiger partial charge in [-0.15, -0.1) is 0 Å². The van der Waals surface area contributed by atoms with Gasteiger partial charge in [0, 0.05) is 24.9 Å². The number of hydrogen-bond acceptors (Lipinski definition) is 5. The van der Waals surface area contributed by atoms with Crippen LogP contribution in [0.15, 0.2) is 0 Å². The molecule has 0 bridgehead atoms. The molecule has 0 spiro atoms. The Kier molecular flexibility index (Phi) is 4.54. The maximum absolute atomic E-state index is 11.2. The summed E-state index contributed by atoms with van der Waals surface area (Å²) in [7, 11) is -1.35. The Bertz CT molecular complexity index is 497. The zero-order valence-electron chi connectivity index (χ0n) is 10.1. The molecule has 0 radical (unpaired) electrons. The van der Waals surface area contributed by atoms with Crippen LogP contribution >= 0.6 is 11.6 Å². The highest BCUT2D eigenvalue weighted by molar-refractivity contribution is 7.90. The molecule has 17 heavy (non-hydrogen) atoms. The SMILES string of the molecule is Cc1nn(C)c(Cl)c1CC(CS(C)(=O)=O)NN. The molecule has 0 aromatic carbocycles. The summed E-state index contributed by atoms with van der Waals surface area (Å²) in [5.41, 5.74) is 4.10. The molecular weight excluding hydrogens is 264 g/mol. The number of hydrogen-bond donors (Lipinski definition) is 2. The molecule has 1 atom stereocenters. The first-order valence-corrected chi connectivity index (χ1v) is 7.50. The van der Waals surface area contributed by atoms with E-state index in [9.17, 15) is 8.42 Å². The standard InChI is InChI=1S/C9H17ClN4O2S/c1-6-8(9(10)14(2)13-6)4-7(12-11)5-17(3,15)16/h7,12H,4-5,11H2,1-3H3. The number of sulfone groups is 1. The Morgan fingerprint density at radius 3 is 2.53 bits per heavy atom. The van der Waals surface area contributed by atoms with Crippen LogP contribution in [0.25, 0.3) is 0 Å². The average molecular weight is 281 g/mol. The number of nitrogens with two attached hydrogens (primary N) is 1. The fraction of sp³-hybridized carbons (Fsp3) is 0.667. The first kappa shape index (κ1) is 14.4. The zero-order chi connectivity index (χ0) is 13.2. The van der Waals surface area contributed by atoms with E-state index in [1.54, 1.807) is 11.7 Å². The maximum Gasteiger partial charge on any atom is 0.149 e. The largest absolute Gasteiger partial charge is 0.271 e. The summed E-state index contributed by atoms with van der Waals surface area (Å²) < 4.78 is 24.0. The summed E-state index contributed by atoms with van der Waals surface area (Å²) in [5, 5.41) is 4.67. The molecule has 6 nitrogen and oxygen atoms in total. The summed E-state index contributed by atoms with van der Waals surface area (Å²) in [6, 6.07) is -0.370. The monoisotopic (exact) mass is 280 g/mol. The summed E-state index contributed by atoms with van der Waals surface area (Å²) in [6.45, 7) is 1.83. The lowest BCUT2D eigenvalue weighted by Gasteiger charge is -2.14. The third kappa shape index (κ3) is 3.95. The normalized spacial score (nSPS) is 13.9. The predicted molar refractivity (Wildman–Crippen MR) is 67.5 cm³/mol. The highest BCUT2D eigenvalue weighted by Crippen LogP contribution is 2.20. The highest BCUT2D eigenvalue weighted by Gasteiger charge is 2.19. The molecule has 0 saturated heterocycles. The zero-order valence-corrected chi connectivity index (χ0v) is 11.6. The van der Waals surface area contributed by atoms with Crippen molar-refractivity contribution in [2.75, 3.05) is 12.0 Å². The number of nitrogens with one attached hydrogen (secondary N) is 1. The van der Waals surface area contributed by atoms with Crippen LogP contribution in [0.3, 0.4) is 0 Å². The third-order valence-corrected chi connectivity index (χ3v) is 3.94. The number of halogens is 1. The van der Waals surface area contributed by atoms with Crippen molar-refractivity contribution in [1.29, 1.82) is 0 Å². The first-order valence-electron chi connectivity index (χ1n) is 5.06. The molecule has 1 unspecified atom stereocenters. The quantitative estimate of drug-likeness (QED) is 0.576. The van der Waals surface area contributed by atoms with Crippen molar-refractivity contribution < 1.29 is 8.42 Å². The van der Waals surface area contributed by atoms with E-state index in [-0.39, 0.29) is 11.8 Å². The molecule has 0 saturated carbocycles. The molecule has 1 aromatic heterocycles. The van der Waals surface area contributed by atoms with Gasteiger partial charge >= 0.3 is 0 Å². The van der Waals surface area contributed by atoms with Crippen molar-refractivity contribution in [3.05, 3.63) is 16.4 Å². The van der Waals surface area contributed by atoms with Crippen molar-refractivity contribution in [1.82, 2.24) is 15.2 Å². The van der Waals surface area contributed by atoms with Crippen LogP contribution in [0.4, 0.5) is 0 Å². The van der Waals surface area contributed by atoms with Crippen molar-refractivity contribution in [2.24, 2.45) is 12.9 Å². The second-order valence-corrected chi connectivity index (χ2v) is 6.68. The van der Waals surface area contributed by atoms with Crippen LogP contribution < -0.4 is 11.3 Å². The molecule has 0 amide bonds. The van der Waals surface area contributed by atoms with Gasteiger partial charge in [-0.2, -0.15) is 5.10 Å². The minimum absolute atomic E-state index is 0.0336. The second-order valence-electron chi connectivity index (χ2n) is 4.14. The van der Waals surface area contributed by atoms with Crippen LogP contribution in [0, 0.1) is 6.92 Å². The molecule has 98 valence electrons. The van der Waals surface area contributed by atoms with Crippen LogP contribution in [0.1, 0.15) is 11.3 Å². The van der Waals surface area contributed by atoms with Gasteiger partial charge < -0.3 is 0 Å². The summed E-state index contributed by atoms with van der Waals surface area (Å²) >= 11 is 6.07. The molecule has 0 aliphatic heterocycles. The predicted octanol–water partition coefficient (Wildman–Crippen LogP) is -0.199. The Morgan fingerprint density at radius 2 is 2.18 bits per heavy atom. The van der Waals surface area contributed by atoms with Gasteiger partial charge in [-0.25, -0.2) is 8.42 Å². The van der Waals surface area contributed by atoms with Crippen molar-refractivity contribution in [3.8, 4) is 0 Å². The Morgan fingerprint density at radius 1 is 1.59 bits per heavy atom. The minimum Gasteiger partial charge on any atom is -0.271 e. The first-order chi connectivity index (χ1) is 7.74. The Balaban J connectivity index is 2.88. The molecule has 0 aliphatic carbocycles. The molecule has 3 N–H and O–H groups in total. The van der Waals surface area contributed by atoms with Crippen molar-refractivity contribution in [2.45, 2.75) is 19.4 Å². The van der Waals surface area contributed by atoms with Gasteiger partial charge in [-0.05, 0) is 13.3 Å². The summed E-state index contributed by atoms with van der Waals surface area (Å²) in [4.78, 5) is 0. The van der Waals surface area contributed by atoms with Gasteiger partial charge in [0.2, 0.25) is 0 Å². The molecule has 0 fully saturated rings. The molecule has 0 aliphatic rings. The van der Waals surface area contributed by atoms with Crippen molar-refractivity contribution in [3.63, 3.8) is 0 Å². The lowest BCUT2D eigenvalue weighted by molar-refractivity contribution is 0.545. The molecule has 8 heteroatoms. The number of aromatic nitrogens is 2. The van der Waals surface area contributed by atoms with E-state index < -0.39 is 9.84 Å². The topological polar surface area (TPSA) is 90.0 Å². The second kappa shape index (κ2) is 5.34. The van der Waals surface area contributed by atoms with E-state index in [0.717, 1.165) is 11.3 Å². The van der Waals surface area contributed by atoms with Crippen LogP contribution in [0.5, 0.6) is 0 Å². The lowest BCUT2D eigenvalue weighted by Crippen LogP contribution is -2.41. The number of hydrazine groups is 1. The van der Waals surface area contributed by atoms with E-state index in [4.69, 9.17) is 17.4 Å². The van der Waals surface area contributed by atoms with Gasteiger partial charge in [0.15, 0.2) is 0 Å². The Labute approximate surface area is 106 Å². The van der Waals surface area contributed by atoms with Crippen LogP contribution in [0.2, 0.25) is 5.15 Å². The highest BCUT2D eigenvalue weighted by atomic mass is 35.5. The number of nitrogens with zero attached hydrogens (tertiary/aromatic N) is 2. The third-order valence-electron chi connectivity index (χ3n) is 2.46. The molecule has 1 rings (SSSR count). The maximum atomic E-state index is 11.2.